The zero-order valence-electron chi connectivity index (χ0n) is 14.3. The predicted octanol–water partition coefficient (Wildman–Crippen LogP) is 3.82. The topological polar surface area (TPSA) is 41.1 Å². The molecular formula is C19H22N4S. The molecule has 1 aliphatic heterocycles. The lowest BCUT2D eigenvalue weighted by Crippen LogP contribution is -2.28. The molecule has 2 atom stereocenters. The molecule has 1 saturated heterocycles. The maximum Gasteiger partial charge on any atom is 0.138 e. The normalized spacial score (nSPS) is 21.5. The van der Waals surface area contributed by atoms with E-state index in [0.717, 1.165) is 23.7 Å². The average Bonchev–Trinajstić information content (AvgIpc) is 3.09. The minimum atomic E-state index is 0.357. The molecule has 124 valence electrons. The maximum atomic E-state index is 4.56. The molecule has 0 spiro atoms. The van der Waals surface area contributed by atoms with Gasteiger partial charge in [0, 0.05) is 29.9 Å². The van der Waals surface area contributed by atoms with Crippen molar-refractivity contribution >= 4 is 27.4 Å². The van der Waals surface area contributed by atoms with Crippen LogP contribution in [-0.4, -0.2) is 41.0 Å². The SMILES string of the molecule is Cc1sc2ncnc(N[C@@H]3CN(C)C[C@@H]3c3ccccc3)c2c1C. The van der Waals surface area contributed by atoms with Gasteiger partial charge in [-0.25, -0.2) is 9.97 Å². The molecule has 0 unspecified atom stereocenters. The largest absolute Gasteiger partial charge is 0.365 e. The molecule has 3 heterocycles. The first kappa shape index (κ1) is 15.5. The van der Waals surface area contributed by atoms with Crippen molar-refractivity contribution in [1.29, 1.82) is 0 Å². The van der Waals surface area contributed by atoms with Crippen LogP contribution >= 0.6 is 11.3 Å². The lowest BCUT2D eigenvalue weighted by atomic mass is 9.94. The van der Waals surface area contributed by atoms with Crippen molar-refractivity contribution in [3.63, 3.8) is 0 Å². The third-order valence-corrected chi connectivity index (χ3v) is 6.13. The number of nitrogens with zero attached hydrogens (tertiary/aromatic N) is 3. The first-order valence-corrected chi connectivity index (χ1v) is 9.16. The molecular weight excluding hydrogens is 316 g/mol. The summed E-state index contributed by atoms with van der Waals surface area (Å²) in [5, 5.41) is 4.91. The van der Waals surface area contributed by atoms with Gasteiger partial charge in [0.1, 0.15) is 17.0 Å². The number of benzene rings is 1. The van der Waals surface area contributed by atoms with E-state index in [9.17, 15) is 0 Å². The molecule has 0 bridgehead atoms. The number of nitrogens with one attached hydrogen (secondary N) is 1. The molecule has 0 saturated carbocycles. The summed E-state index contributed by atoms with van der Waals surface area (Å²) in [4.78, 5) is 13.8. The first-order valence-electron chi connectivity index (χ1n) is 8.34. The lowest BCUT2D eigenvalue weighted by Gasteiger charge is -2.21. The lowest BCUT2D eigenvalue weighted by molar-refractivity contribution is 0.409. The van der Waals surface area contributed by atoms with Crippen molar-refractivity contribution < 1.29 is 0 Å². The van der Waals surface area contributed by atoms with Crippen LogP contribution in [0.1, 0.15) is 21.9 Å². The van der Waals surface area contributed by atoms with Gasteiger partial charge in [-0.15, -0.1) is 11.3 Å². The minimum absolute atomic E-state index is 0.357. The fourth-order valence-corrected chi connectivity index (χ4v) is 4.65. The van der Waals surface area contributed by atoms with E-state index in [1.54, 1.807) is 17.7 Å². The maximum absolute atomic E-state index is 4.56. The van der Waals surface area contributed by atoms with Gasteiger partial charge in [0.2, 0.25) is 0 Å². The Balaban J connectivity index is 1.69. The third-order valence-electron chi connectivity index (χ3n) is 5.02. The highest BCUT2D eigenvalue weighted by atomic mass is 32.1. The Hall–Kier alpha value is -1.98. The Morgan fingerprint density at radius 2 is 1.92 bits per heavy atom. The van der Waals surface area contributed by atoms with E-state index < -0.39 is 0 Å². The quantitative estimate of drug-likeness (QED) is 0.788. The Bertz CT molecular complexity index is 858. The zero-order chi connectivity index (χ0) is 16.7. The average molecular weight is 338 g/mol. The van der Waals surface area contributed by atoms with Crippen LogP contribution in [0.15, 0.2) is 36.7 Å². The van der Waals surface area contributed by atoms with Gasteiger partial charge >= 0.3 is 0 Å². The van der Waals surface area contributed by atoms with Crippen molar-refractivity contribution in [2.45, 2.75) is 25.8 Å². The van der Waals surface area contributed by atoms with E-state index in [-0.39, 0.29) is 0 Å². The van der Waals surface area contributed by atoms with Gasteiger partial charge in [0.15, 0.2) is 0 Å². The fraction of sp³-hybridized carbons (Fsp3) is 0.368. The standard InChI is InChI=1S/C19H22N4S/c1-12-13(2)24-19-17(12)18(20-11-21-19)22-16-10-23(3)9-15(16)14-7-5-4-6-8-14/h4-8,11,15-16H,9-10H2,1-3H3,(H,20,21,22)/t15-,16-/m1/s1. The molecule has 5 heteroatoms. The molecule has 24 heavy (non-hydrogen) atoms. The van der Waals surface area contributed by atoms with Crippen LogP contribution in [-0.2, 0) is 0 Å². The molecule has 0 amide bonds. The van der Waals surface area contributed by atoms with Gasteiger partial charge in [-0.2, -0.15) is 0 Å². The fourth-order valence-electron chi connectivity index (χ4n) is 3.65. The van der Waals surface area contributed by atoms with Crippen LogP contribution in [0, 0.1) is 13.8 Å². The van der Waals surface area contributed by atoms with Gasteiger partial charge in [-0.3, -0.25) is 0 Å². The van der Waals surface area contributed by atoms with E-state index in [4.69, 9.17) is 0 Å². The molecule has 1 aromatic carbocycles. The molecule has 3 aromatic rings. The van der Waals surface area contributed by atoms with Crippen molar-refractivity contribution in [3.8, 4) is 0 Å². The summed E-state index contributed by atoms with van der Waals surface area (Å²) in [6.07, 6.45) is 1.68. The summed E-state index contributed by atoms with van der Waals surface area (Å²) < 4.78 is 0. The monoisotopic (exact) mass is 338 g/mol. The second-order valence-electron chi connectivity index (χ2n) is 6.67. The molecule has 0 radical (unpaired) electrons. The highest BCUT2D eigenvalue weighted by molar-refractivity contribution is 7.18. The van der Waals surface area contributed by atoms with Crippen LogP contribution in [0.25, 0.3) is 10.2 Å². The summed E-state index contributed by atoms with van der Waals surface area (Å²) in [5.41, 5.74) is 2.68. The summed E-state index contributed by atoms with van der Waals surface area (Å²) in [7, 11) is 2.19. The highest BCUT2D eigenvalue weighted by Gasteiger charge is 2.32. The number of rotatable bonds is 3. The van der Waals surface area contributed by atoms with E-state index in [1.165, 1.54) is 21.4 Å². The Kier molecular flexibility index (Phi) is 3.98. The number of thiophene rings is 1. The third kappa shape index (κ3) is 2.68. The molecule has 2 aromatic heterocycles. The van der Waals surface area contributed by atoms with Crippen LogP contribution in [0.4, 0.5) is 5.82 Å². The Morgan fingerprint density at radius 3 is 2.71 bits per heavy atom. The number of anilines is 1. The first-order chi connectivity index (χ1) is 11.6. The molecule has 4 nitrogen and oxygen atoms in total. The molecule has 0 aliphatic carbocycles. The number of likely N-dealkylation sites (tertiary alicyclic amines) is 1. The molecule has 1 aliphatic rings. The van der Waals surface area contributed by atoms with Crippen molar-refractivity contribution in [2.75, 3.05) is 25.5 Å². The molecule has 4 rings (SSSR count). The second-order valence-corrected chi connectivity index (χ2v) is 7.88. The van der Waals surface area contributed by atoms with Gasteiger partial charge < -0.3 is 10.2 Å². The number of hydrogen-bond donors (Lipinski definition) is 1. The summed E-state index contributed by atoms with van der Waals surface area (Å²) in [6, 6.07) is 11.1. The van der Waals surface area contributed by atoms with Gasteiger partial charge in [0.25, 0.3) is 0 Å². The predicted molar refractivity (Wildman–Crippen MR) is 101 cm³/mol. The number of aromatic nitrogens is 2. The minimum Gasteiger partial charge on any atom is -0.365 e. The second kappa shape index (κ2) is 6.15. The number of hydrogen-bond acceptors (Lipinski definition) is 5. The smallest absolute Gasteiger partial charge is 0.138 e. The summed E-state index contributed by atoms with van der Waals surface area (Å²) in [6.45, 7) is 6.41. The van der Waals surface area contributed by atoms with Crippen LogP contribution in [0.5, 0.6) is 0 Å². The van der Waals surface area contributed by atoms with E-state index in [1.807, 2.05) is 0 Å². The van der Waals surface area contributed by atoms with Crippen LogP contribution in [0.3, 0.4) is 0 Å². The van der Waals surface area contributed by atoms with Crippen molar-refractivity contribution in [3.05, 3.63) is 52.7 Å². The Labute approximate surface area is 146 Å². The zero-order valence-corrected chi connectivity index (χ0v) is 15.1. The van der Waals surface area contributed by atoms with Crippen LogP contribution in [0.2, 0.25) is 0 Å². The summed E-state index contributed by atoms with van der Waals surface area (Å²) >= 11 is 1.75. The van der Waals surface area contributed by atoms with Gasteiger partial charge in [0.05, 0.1) is 5.39 Å². The van der Waals surface area contributed by atoms with Gasteiger partial charge in [-0.05, 0) is 32.0 Å². The Morgan fingerprint density at radius 1 is 1.12 bits per heavy atom. The van der Waals surface area contributed by atoms with Crippen LogP contribution < -0.4 is 5.32 Å². The number of fused-ring (bicyclic) bond motifs is 1. The molecule has 1 N–H and O–H groups in total. The van der Waals surface area contributed by atoms with Crippen molar-refractivity contribution in [1.82, 2.24) is 14.9 Å². The van der Waals surface area contributed by atoms with E-state index in [2.05, 4.69) is 71.4 Å². The highest BCUT2D eigenvalue weighted by Crippen LogP contribution is 2.35. The van der Waals surface area contributed by atoms with Crippen molar-refractivity contribution in [2.24, 2.45) is 0 Å². The van der Waals surface area contributed by atoms with E-state index >= 15 is 0 Å². The molecule has 1 fully saturated rings. The number of likely N-dealkylation sites (N-methyl/N-ethyl adjacent to an activating group) is 1. The summed E-state index contributed by atoms with van der Waals surface area (Å²) in [5.74, 6) is 1.45. The number of aryl methyl sites for hydroxylation is 2. The van der Waals surface area contributed by atoms with Gasteiger partial charge in [-0.1, -0.05) is 30.3 Å². The van der Waals surface area contributed by atoms with E-state index in [0.29, 0.717) is 12.0 Å².